The van der Waals surface area contributed by atoms with Gasteiger partial charge in [0, 0.05) is 12.2 Å². The smallest absolute Gasteiger partial charge is 0.286 e. The van der Waals surface area contributed by atoms with Gasteiger partial charge in [-0.2, -0.15) is 4.31 Å². The maximum atomic E-state index is 13.4. The van der Waals surface area contributed by atoms with E-state index in [1.807, 2.05) is 43.3 Å². The van der Waals surface area contributed by atoms with E-state index < -0.39 is 16.1 Å². The maximum absolute atomic E-state index is 13.4. The van der Waals surface area contributed by atoms with Crippen molar-refractivity contribution in [2.24, 2.45) is 0 Å². The average Bonchev–Trinajstić information content (AvgIpc) is 3.45. The van der Waals surface area contributed by atoms with Gasteiger partial charge in [0.15, 0.2) is 0 Å². The number of carbonyl (C=O) groups excluding carboxylic acids is 1. The minimum Gasteiger partial charge on any atom is -0.320 e. The Balaban J connectivity index is 1.53. The number of aryl methyl sites for hydroxylation is 1. The molecule has 4 rings (SSSR count). The van der Waals surface area contributed by atoms with Crippen LogP contribution in [0.15, 0.2) is 53.4 Å². The third kappa shape index (κ3) is 5.00. The van der Waals surface area contributed by atoms with Crippen LogP contribution in [0.5, 0.6) is 0 Å². The van der Waals surface area contributed by atoms with Crippen LogP contribution >= 0.6 is 11.3 Å². The molecule has 174 valence electrons. The molecule has 1 N–H and O–H groups in total. The first-order valence-corrected chi connectivity index (χ1v) is 13.2. The highest BCUT2D eigenvalue weighted by Crippen LogP contribution is 2.38. The Morgan fingerprint density at radius 2 is 1.73 bits per heavy atom. The summed E-state index contributed by atoms with van der Waals surface area (Å²) in [6.07, 6.45) is 1.38. The molecule has 0 spiro atoms. The van der Waals surface area contributed by atoms with Gasteiger partial charge in [0.05, 0.1) is 10.9 Å². The van der Waals surface area contributed by atoms with Crippen LogP contribution in [-0.4, -0.2) is 35.4 Å². The van der Waals surface area contributed by atoms with Gasteiger partial charge in [-0.1, -0.05) is 61.9 Å². The van der Waals surface area contributed by atoms with Gasteiger partial charge in [0.25, 0.3) is 5.91 Å². The number of nitrogens with one attached hydrogen (secondary N) is 1. The van der Waals surface area contributed by atoms with E-state index >= 15 is 0 Å². The molecule has 0 bridgehead atoms. The molecule has 2 heterocycles. The van der Waals surface area contributed by atoms with Crippen molar-refractivity contribution in [3.63, 3.8) is 0 Å². The molecule has 1 unspecified atom stereocenters. The molecule has 9 heteroatoms. The van der Waals surface area contributed by atoms with Crippen molar-refractivity contribution in [2.45, 2.75) is 56.9 Å². The van der Waals surface area contributed by atoms with Crippen LogP contribution in [-0.2, 0) is 15.4 Å². The molecule has 3 aromatic rings. The Kier molecular flexibility index (Phi) is 6.39. The Hall–Kier alpha value is -2.62. The lowest BCUT2D eigenvalue weighted by Crippen LogP contribution is -2.30. The zero-order valence-electron chi connectivity index (χ0n) is 19.2. The Labute approximate surface area is 198 Å². The fourth-order valence-electron chi connectivity index (χ4n) is 3.82. The van der Waals surface area contributed by atoms with Crippen molar-refractivity contribution in [3.8, 4) is 0 Å². The van der Waals surface area contributed by atoms with Gasteiger partial charge in [-0.15, -0.1) is 10.2 Å². The number of carbonyl (C=O) groups is 1. The van der Waals surface area contributed by atoms with Crippen molar-refractivity contribution < 1.29 is 13.2 Å². The van der Waals surface area contributed by atoms with Crippen LogP contribution < -0.4 is 5.32 Å². The minimum atomic E-state index is -3.69. The van der Waals surface area contributed by atoms with Crippen LogP contribution in [0.25, 0.3) is 0 Å². The lowest BCUT2D eigenvalue weighted by Gasteiger charge is -2.23. The SMILES string of the molecule is Cc1ccc(NC(=O)c2nnc(C3CCCN3S(=O)(=O)c3ccc(C(C)(C)C)cc3)s2)cc1. The number of nitrogens with zero attached hydrogens (tertiary/aromatic N) is 3. The molecule has 1 saturated heterocycles. The highest BCUT2D eigenvalue weighted by Gasteiger charge is 2.38. The number of hydrogen-bond donors (Lipinski definition) is 1. The largest absolute Gasteiger partial charge is 0.320 e. The number of sulfonamides is 1. The van der Waals surface area contributed by atoms with E-state index in [9.17, 15) is 13.2 Å². The quantitative estimate of drug-likeness (QED) is 0.555. The topological polar surface area (TPSA) is 92.3 Å². The number of anilines is 1. The van der Waals surface area contributed by atoms with Crippen molar-refractivity contribution in [2.75, 3.05) is 11.9 Å². The number of benzene rings is 2. The standard InChI is InChI=1S/C24H28N4O3S2/c1-16-7-11-18(12-8-16)25-21(29)23-27-26-22(32-23)20-6-5-15-28(20)33(30,31)19-13-9-17(10-14-19)24(2,3)4/h7-14,20H,5-6,15H2,1-4H3,(H,25,29). The third-order valence-corrected chi connectivity index (χ3v) is 8.71. The molecule has 7 nitrogen and oxygen atoms in total. The summed E-state index contributed by atoms with van der Waals surface area (Å²) < 4.78 is 28.3. The van der Waals surface area contributed by atoms with E-state index in [-0.39, 0.29) is 21.2 Å². The van der Waals surface area contributed by atoms with Crippen LogP contribution in [0.1, 0.15) is 65.6 Å². The van der Waals surface area contributed by atoms with Gasteiger partial charge in [-0.3, -0.25) is 4.79 Å². The van der Waals surface area contributed by atoms with Crippen molar-refractivity contribution in [3.05, 3.63) is 69.7 Å². The lowest BCUT2D eigenvalue weighted by molar-refractivity contribution is 0.102. The molecular formula is C24H28N4O3S2. The number of rotatable bonds is 5. The molecule has 0 saturated carbocycles. The highest BCUT2D eigenvalue weighted by atomic mass is 32.2. The van der Waals surface area contributed by atoms with E-state index in [1.54, 1.807) is 12.1 Å². The summed E-state index contributed by atoms with van der Waals surface area (Å²) in [7, 11) is -3.69. The molecule has 1 aliphatic heterocycles. The second-order valence-electron chi connectivity index (χ2n) is 9.31. The van der Waals surface area contributed by atoms with Crippen LogP contribution in [0.2, 0.25) is 0 Å². The summed E-state index contributed by atoms with van der Waals surface area (Å²) >= 11 is 1.14. The summed E-state index contributed by atoms with van der Waals surface area (Å²) in [5, 5.41) is 11.8. The normalized spacial score (nSPS) is 17.3. The third-order valence-electron chi connectivity index (χ3n) is 5.76. The first-order chi connectivity index (χ1) is 15.6. The molecule has 0 aliphatic carbocycles. The maximum Gasteiger partial charge on any atom is 0.286 e. The van der Waals surface area contributed by atoms with Gasteiger partial charge in [0.1, 0.15) is 5.01 Å². The average molecular weight is 485 g/mol. The summed E-state index contributed by atoms with van der Waals surface area (Å²) in [4.78, 5) is 12.9. The monoisotopic (exact) mass is 484 g/mol. The Bertz CT molecular complexity index is 1240. The van der Waals surface area contributed by atoms with Gasteiger partial charge >= 0.3 is 0 Å². The molecule has 0 radical (unpaired) electrons. The molecule has 1 amide bonds. The van der Waals surface area contributed by atoms with Crippen LogP contribution in [0, 0.1) is 6.92 Å². The van der Waals surface area contributed by atoms with E-state index in [1.165, 1.54) is 4.31 Å². The number of aromatic nitrogens is 2. The lowest BCUT2D eigenvalue weighted by atomic mass is 9.87. The first-order valence-electron chi connectivity index (χ1n) is 10.9. The summed E-state index contributed by atoms with van der Waals surface area (Å²) in [5.74, 6) is -0.354. The highest BCUT2D eigenvalue weighted by molar-refractivity contribution is 7.89. The van der Waals surface area contributed by atoms with Crippen molar-refractivity contribution in [1.29, 1.82) is 0 Å². The molecule has 1 aromatic heterocycles. The van der Waals surface area contributed by atoms with Crippen LogP contribution in [0.4, 0.5) is 5.69 Å². The van der Waals surface area contributed by atoms with E-state index in [4.69, 9.17) is 0 Å². The van der Waals surface area contributed by atoms with Crippen LogP contribution in [0.3, 0.4) is 0 Å². The number of amides is 1. The fourth-order valence-corrected chi connectivity index (χ4v) is 6.43. The Morgan fingerprint density at radius 3 is 2.36 bits per heavy atom. The van der Waals surface area contributed by atoms with E-state index in [2.05, 4.69) is 36.3 Å². The predicted molar refractivity (Wildman–Crippen MR) is 130 cm³/mol. The Morgan fingerprint density at radius 1 is 1.06 bits per heavy atom. The molecular weight excluding hydrogens is 456 g/mol. The zero-order valence-corrected chi connectivity index (χ0v) is 20.8. The van der Waals surface area contributed by atoms with E-state index in [0.29, 0.717) is 23.7 Å². The second kappa shape index (κ2) is 8.96. The predicted octanol–water partition coefficient (Wildman–Crippen LogP) is 4.92. The van der Waals surface area contributed by atoms with Gasteiger partial charge < -0.3 is 5.32 Å². The fraction of sp³-hybridized carbons (Fsp3) is 0.375. The van der Waals surface area contributed by atoms with Gasteiger partial charge in [-0.05, 0) is 55.0 Å². The van der Waals surface area contributed by atoms with Crippen molar-refractivity contribution >= 4 is 33.0 Å². The molecule has 1 fully saturated rings. The number of hydrogen-bond acceptors (Lipinski definition) is 6. The molecule has 2 aromatic carbocycles. The van der Waals surface area contributed by atoms with E-state index in [0.717, 1.165) is 28.9 Å². The molecule has 1 atom stereocenters. The molecule has 1 aliphatic rings. The second-order valence-corrected chi connectivity index (χ2v) is 12.2. The summed E-state index contributed by atoms with van der Waals surface area (Å²) in [5.41, 5.74) is 2.79. The summed E-state index contributed by atoms with van der Waals surface area (Å²) in [6, 6.07) is 14.1. The minimum absolute atomic E-state index is 0.0550. The molecule has 33 heavy (non-hydrogen) atoms. The first kappa shape index (κ1) is 23.5. The zero-order chi connectivity index (χ0) is 23.8. The summed E-state index contributed by atoms with van der Waals surface area (Å²) in [6.45, 7) is 8.67. The van der Waals surface area contributed by atoms with Gasteiger partial charge in [0.2, 0.25) is 15.0 Å². The van der Waals surface area contributed by atoms with Crippen molar-refractivity contribution in [1.82, 2.24) is 14.5 Å². The van der Waals surface area contributed by atoms with Gasteiger partial charge in [-0.25, -0.2) is 8.42 Å².